The van der Waals surface area contributed by atoms with Crippen LogP contribution >= 0.6 is 0 Å². The van der Waals surface area contributed by atoms with Gasteiger partial charge < -0.3 is 24.8 Å². The van der Waals surface area contributed by atoms with Crippen LogP contribution in [0.3, 0.4) is 0 Å². The van der Waals surface area contributed by atoms with Crippen molar-refractivity contribution in [2.24, 2.45) is 40.4 Å². The number of ether oxygens (including phenoxy) is 2. The monoisotopic (exact) mass is 460 g/mol. The van der Waals surface area contributed by atoms with E-state index in [1.54, 1.807) is 0 Å². The molecular formula is C28H44O5. The van der Waals surface area contributed by atoms with Gasteiger partial charge in [-0.1, -0.05) is 33.3 Å². The molecule has 5 fully saturated rings. The second-order valence-corrected chi connectivity index (χ2v) is 13.7. The van der Waals surface area contributed by atoms with E-state index >= 15 is 0 Å². The summed E-state index contributed by atoms with van der Waals surface area (Å²) in [4.78, 5) is 0. The number of aliphatic hydroxyl groups is 3. The van der Waals surface area contributed by atoms with Gasteiger partial charge in [0.1, 0.15) is 0 Å². The Morgan fingerprint density at radius 1 is 1.06 bits per heavy atom. The predicted molar refractivity (Wildman–Crippen MR) is 125 cm³/mol. The minimum absolute atomic E-state index is 0.0305. The first-order valence-corrected chi connectivity index (χ1v) is 13.5. The summed E-state index contributed by atoms with van der Waals surface area (Å²) in [5.74, 6) is 1.74. The molecule has 0 aromatic carbocycles. The van der Waals surface area contributed by atoms with Crippen LogP contribution < -0.4 is 0 Å². The zero-order valence-corrected chi connectivity index (χ0v) is 21.0. The Bertz CT molecular complexity index is 854. The van der Waals surface area contributed by atoms with Crippen molar-refractivity contribution in [3.05, 3.63) is 11.1 Å². The van der Waals surface area contributed by atoms with Crippen molar-refractivity contribution in [3.8, 4) is 0 Å². The molecule has 0 radical (unpaired) electrons. The van der Waals surface area contributed by atoms with Gasteiger partial charge in [-0.3, -0.25) is 0 Å². The molecule has 0 bridgehead atoms. The van der Waals surface area contributed by atoms with E-state index in [2.05, 4.69) is 27.7 Å². The molecule has 5 aliphatic carbocycles. The van der Waals surface area contributed by atoms with Crippen molar-refractivity contribution in [2.75, 3.05) is 19.8 Å². The minimum Gasteiger partial charge on any atom is -0.396 e. The molecule has 0 aromatic heterocycles. The molecule has 1 spiro atoms. The zero-order chi connectivity index (χ0) is 23.4. The Morgan fingerprint density at radius 3 is 2.48 bits per heavy atom. The predicted octanol–water partition coefficient (Wildman–Crippen LogP) is 4.19. The van der Waals surface area contributed by atoms with Crippen LogP contribution in [-0.4, -0.2) is 52.1 Å². The highest BCUT2D eigenvalue weighted by molar-refractivity contribution is 5.39. The van der Waals surface area contributed by atoms with Crippen molar-refractivity contribution < 1.29 is 24.8 Å². The number of allylic oxidation sites excluding steroid dienone is 1. The van der Waals surface area contributed by atoms with E-state index in [1.165, 1.54) is 11.1 Å². The first-order chi connectivity index (χ1) is 15.5. The average molecular weight is 461 g/mol. The third-order valence-electron chi connectivity index (χ3n) is 11.0. The number of aliphatic hydroxyl groups excluding tert-OH is 1. The molecule has 5 heteroatoms. The molecule has 6 rings (SSSR count). The number of rotatable bonds is 3. The molecule has 33 heavy (non-hydrogen) atoms. The number of hydrogen-bond acceptors (Lipinski definition) is 5. The van der Waals surface area contributed by atoms with Crippen LogP contribution in [0.15, 0.2) is 11.1 Å². The van der Waals surface area contributed by atoms with Crippen LogP contribution in [0, 0.1) is 40.4 Å². The number of hydrogen-bond donors (Lipinski definition) is 3. The Labute approximate surface area is 198 Å². The summed E-state index contributed by atoms with van der Waals surface area (Å²) in [6.07, 6.45) is 7.57. The molecule has 1 saturated heterocycles. The maximum absolute atomic E-state index is 12.0. The molecule has 6 aliphatic rings. The highest BCUT2D eigenvalue weighted by Gasteiger charge is 2.75. The molecule has 8 atom stereocenters. The van der Waals surface area contributed by atoms with Gasteiger partial charge in [-0.2, -0.15) is 0 Å². The van der Waals surface area contributed by atoms with Crippen LogP contribution in [0.1, 0.15) is 85.5 Å². The van der Waals surface area contributed by atoms with Gasteiger partial charge in [-0.05, 0) is 80.1 Å². The summed E-state index contributed by atoms with van der Waals surface area (Å²) in [7, 11) is 0. The third-order valence-corrected chi connectivity index (χ3v) is 11.0. The highest BCUT2D eigenvalue weighted by atomic mass is 16.7. The summed E-state index contributed by atoms with van der Waals surface area (Å²) in [6, 6.07) is 0. The molecule has 3 N–H and O–H groups in total. The van der Waals surface area contributed by atoms with Crippen molar-refractivity contribution in [1.82, 2.24) is 0 Å². The topological polar surface area (TPSA) is 79.2 Å². The quantitative estimate of drug-likeness (QED) is 0.551. The van der Waals surface area contributed by atoms with Gasteiger partial charge in [0.25, 0.3) is 0 Å². The molecule has 0 aromatic rings. The largest absolute Gasteiger partial charge is 0.396 e. The lowest BCUT2D eigenvalue weighted by molar-refractivity contribution is -0.322. The summed E-state index contributed by atoms with van der Waals surface area (Å²) in [5.41, 5.74) is 1.30. The second-order valence-electron chi connectivity index (χ2n) is 13.7. The Kier molecular flexibility index (Phi) is 4.92. The van der Waals surface area contributed by atoms with Gasteiger partial charge in [-0.25, -0.2) is 0 Å². The summed E-state index contributed by atoms with van der Waals surface area (Å²) < 4.78 is 12.6. The lowest BCUT2D eigenvalue weighted by Crippen LogP contribution is -2.59. The van der Waals surface area contributed by atoms with E-state index in [4.69, 9.17) is 9.47 Å². The van der Waals surface area contributed by atoms with Crippen LogP contribution in [0.2, 0.25) is 0 Å². The maximum Gasteiger partial charge on any atom is 0.171 e. The van der Waals surface area contributed by atoms with Crippen LogP contribution in [0.5, 0.6) is 0 Å². The standard InChI is InChI=1S/C28H44O5/c1-17-13-25(4)23(19-12-21(19)28(25,31)8-5-11-29)18-6-9-26(30)14-27(10-7-20(26)22(17)18)32-15-24(2,3)16-33-27/h17-19,21,23,29-31H,5-16H2,1-4H3/t17-,18+,19+,21-,23+,25-,26+,28-/m0/s1. The van der Waals surface area contributed by atoms with E-state index in [9.17, 15) is 15.3 Å². The molecule has 1 heterocycles. The normalized spacial score (nSPS) is 51.5. The molecule has 1 aliphatic heterocycles. The lowest BCUT2D eigenvalue weighted by Gasteiger charge is -2.59. The maximum atomic E-state index is 12.0. The van der Waals surface area contributed by atoms with Gasteiger partial charge in [0.2, 0.25) is 0 Å². The van der Waals surface area contributed by atoms with E-state index in [-0.39, 0.29) is 17.4 Å². The Hall–Kier alpha value is -0.460. The lowest BCUT2D eigenvalue weighted by atomic mass is 9.49. The number of fused-ring (bicyclic) bond motifs is 6. The van der Waals surface area contributed by atoms with Crippen molar-refractivity contribution >= 4 is 0 Å². The molecular weight excluding hydrogens is 416 g/mol. The zero-order valence-electron chi connectivity index (χ0n) is 21.0. The fourth-order valence-electron chi connectivity index (χ4n) is 9.60. The fourth-order valence-corrected chi connectivity index (χ4v) is 9.60. The van der Waals surface area contributed by atoms with Gasteiger partial charge in [0.15, 0.2) is 5.79 Å². The summed E-state index contributed by atoms with van der Waals surface area (Å²) in [5, 5.41) is 33.5. The first-order valence-electron chi connectivity index (χ1n) is 13.5. The summed E-state index contributed by atoms with van der Waals surface area (Å²) in [6.45, 7) is 10.6. The van der Waals surface area contributed by atoms with Crippen molar-refractivity contribution in [2.45, 2.75) is 102 Å². The second kappa shape index (κ2) is 7.06. The van der Waals surface area contributed by atoms with E-state index in [0.29, 0.717) is 55.6 Å². The first kappa shape index (κ1) is 23.0. The molecule has 0 unspecified atom stereocenters. The minimum atomic E-state index is -0.817. The molecule has 4 saturated carbocycles. The Morgan fingerprint density at radius 2 is 1.79 bits per heavy atom. The fraction of sp³-hybridized carbons (Fsp3) is 0.929. The van der Waals surface area contributed by atoms with Gasteiger partial charge in [0, 0.05) is 30.3 Å². The van der Waals surface area contributed by atoms with Gasteiger partial charge >= 0.3 is 0 Å². The highest BCUT2D eigenvalue weighted by Crippen LogP contribution is 2.77. The van der Waals surface area contributed by atoms with Gasteiger partial charge in [0.05, 0.1) is 24.4 Å². The smallest absolute Gasteiger partial charge is 0.171 e. The van der Waals surface area contributed by atoms with E-state index in [1.807, 2.05) is 0 Å². The van der Waals surface area contributed by atoms with Crippen molar-refractivity contribution in [1.29, 1.82) is 0 Å². The van der Waals surface area contributed by atoms with Crippen molar-refractivity contribution in [3.63, 3.8) is 0 Å². The van der Waals surface area contributed by atoms with E-state index < -0.39 is 17.0 Å². The van der Waals surface area contributed by atoms with Gasteiger partial charge in [-0.15, -0.1) is 0 Å². The average Bonchev–Trinajstić information content (AvgIpc) is 3.51. The molecule has 186 valence electrons. The van der Waals surface area contributed by atoms with E-state index in [0.717, 1.165) is 44.9 Å². The Balaban J connectivity index is 1.32. The summed E-state index contributed by atoms with van der Waals surface area (Å²) >= 11 is 0. The van der Waals surface area contributed by atoms with Crippen LogP contribution in [-0.2, 0) is 9.47 Å². The third kappa shape index (κ3) is 3.08. The molecule has 5 nitrogen and oxygen atoms in total. The molecule has 0 amide bonds. The van der Waals surface area contributed by atoms with Crippen LogP contribution in [0.4, 0.5) is 0 Å². The SMILES string of the molecule is C[C@H]1C[C@@]2(C)[C@@H]([C@@H]3C[C@@H]3[C@@]2(O)CCCO)[C@@H]2CC[C@@]3(O)CC4(CCC3=C21)OCC(C)(C)CO4. The van der Waals surface area contributed by atoms with Crippen LogP contribution in [0.25, 0.3) is 0 Å².